The van der Waals surface area contributed by atoms with E-state index in [0.29, 0.717) is 24.6 Å². The summed E-state index contributed by atoms with van der Waals surface area (Å²) in [6.45, 7) is 2.66. The van der Waals surface area contributed by atoms with Crippen LogP contribution in [-0.2, 0) is 4.79 Å². The van der Waals surface area contributed by atoms with E-state index in [2.05, 4.69) is 31.4 Å². The van der Waals surface area contributed by atoms with E-state index in [1.807, 2.05) is 29.8 Å². The van der Waals surface area contributed by atoms with E-state index in [1.165, 1.54) is 6.92 Å². The predicted molar refractivity (Wildman–Crippen MR) is 132 cm³/mol. The Labute approximate surface area is 203 Å². The number of piperidine rings is 1. The molecule has 1 aliphatic rings. The Kier molecular flexibility index (Phi) is 5.90. The number of pyridine rings is 1. The first-order valence-electron chi connectivity index (χ1n) is 10.7. The van der Waals surface area contributed by atoms with E-state index in [1.54, 1.807) is 26.9 Å². The normalized spacial score (nSPS) is 15.8. The molecule has 0 aromatic carbocycles. The Bertz CT molecular complexity index is 1290. The van der Waals surface area contributed by atoms with E-state index >= 15 is 0 Å². The minimum absolute atomic E-state index is 0.145. The van der Waals surface area contributed by atoms with Crippen molar-refractivity contribution in [3.63, 3.8) is 0 Å². The number of fused-ring (bicyclic) bond motifs is 1. The number of nitrogens with two attached hydrogens (primary N) is 1. The Morgan fingerprint density at radius 3 is 2.67 bits per heavy atom. The zero-order valence-corrected chi connectivity index (χ0v) is 20.4. The third kappa shape index (κ3) is 4.03. The lowest BCUT2D eigenvalue weighted by Crippen LogP contribution is -2.42. The second kappa shape index (κ2) is 8.85. The highest BCUT2D eigenvalue weighted by molar-refractivity contribution is 9.10. The monoisotopic (exact) mass is 526 g/mol. The van der Waals surface area contributed by atoms with Gasteiger partial charge in [-0.15, -0.1) is 0 Å². The SMILES string of the molecule is C[C@@H](O)C(=O)N1CCC(c2nc3c(-c4ccc(-c5ccsc5)nc4)cnn3c(N)c2Br)CC1. The molecule has 10 heteroatoms. The van der Waals surface area contributed by atoms with Crippen molar-refractivity contribution >= 4 is 44.6 Å². The summed E-state index contributed by atoms with van der Waals surface area (Å²) in [6.07, 6.45) is 4.12. The highest BCUT2D eigenvalue weighted by Gasteiger charge is 2.29. The van der Waals surface area contributed by atoms with Crippen LogP contribution in [0.25, 0.3) is 28.0 Å². The van der Waals surface area contributed by atoms with Crippen molar-refractivity contribution in [3.8, 4) is 22.4 Å². The molecule has 3 N–H and O–H groups in total. The van der Waals surface area contributed by atoms with Crippen LogP contribution in [0.5, 0.6) is 0 Å². The van der Waals surface area contributed by atoms with Gasteiger partial charge in [0.1, 0.15) is 11.9 Å². The number of carbonyl (C=O) groups is 1. The minimum Gasteiger partial charge on any atom is -0.384 e. The molecular weight excluding hydrogens is 504 g/mol. The standard InChI is InChI=1S/C23H23BrN6O2S/c1-13(31)23(32)29-7-4-14(5-8-29)20-19(24)21(25)30-22(28-20)17(11-27-30)15-2-3-18(26-10-15)16-6-9-33-12-16/h2-3,6,9-14,31H,4-5,7-8,25H2,1H3/t13-/m1/s1. The van der Waals surface area contributed by atoms with Crippen LogP contribution in [0.2, 0.25) is 0 Å². The van der Waals surface area contributed by atoms with Gasteiger partial charge in [-0.3, -0.25) is 9.78 Å². The largest absolute Gasteiger partial charge is 0.384 e. The van der Waals surface area contributed by atoms with Gasteiger partial charge in [0.15, 0.2) is 5.65 Å². The van der Waals surface area contributed by atoms with Crippen LogP contribution in [0.15, 0.2) is 45.8 Å². The van der Waals surface area contributed by atoms with Crippen molar-refractivity contribution in [1.82, 2.24) is 24.5 Å². The number of halogens is 1. The van der Waals surface area contributed by atoms with Crippen LogP contribution >= 0.6 is 27.3 Å². The number of rotatable bonds is 4. The molecule has 5 heterocycles. The summed E-state index contributed by atoms with van der Waals surface area (Å²) >= 11 is 5.26. The van der Waals surface area contributed by atoms with Crippen molar-refractivity contribution in [2.75, 3.05) is 18.8 Å². The number of aromatic nitrogens is 4. The number of likely N-dealkylation sites (tertiary alicyclic amines) is 1. The highest BCUT2D eigenvalue weighted by Crippen LogP contribution is 2.37. The zero-order valence-electron chi connectivity index (χ0n) is 18.0. The third-order valence-corrected chi connectivity index (χ3v) is 7.59. The number of amides is 1. The van der Waals surface area contributed by atoms with Gasteiger partial charge in [-0.05, 0) is 53.2 Å². The van der Waals surface area contributed by atoms with E-state index in [-0.39, 0.29) is 11.8 Å². The van der Waals surface area contributed by atoms with Crippen LogP contribution in [0.3, 0.4) is 0 Å². The summed E-state index contributed by atoms with van der Waals surface area (Å²) in [7, 11) is 0. The van der Waals surface area contributed by atoms with E-state index in [0.717, 1.165) is 45.4 Å². The van der Waals surface area contributed by atoms with Crippen molar-refractivity contribution in [3.05, 3.63) is 51.5 Å². The van der Waals surface area contributed by atoms with Gasteiger partial charge in [-0.1, -0.05) is 6.07 Å². The molecule has 0 radical (unpaired) electrons. The molecule has 1 atom stereocenters. The van der Waals surface area contributed by atoms with Crippen molar-refractivity contribution in [2.45, 2.75) is 31.8 Å². The molecule has 0 saturated carbocycles. The zero-order chi connectivity index (χ0) is 23.1. The number of aliphatic hydroxyl groups excluding tert-OH is 1. The van der Waals surface area contributed by atoms with Crippen LogP contribution in [-0.4, -0.2) is 54.7 Å². The number of nitrogen functional groups attached to an aromatic ring is 1. The lowest BCUT2D eigenvalue weighted by molar-refractivity contribution is -0.140. The Morgan fingerprint density at radius 2 is 2.03 bits per heavy atom. The summed E-state index contributed by atoms with van der Waals surface area (Å²) in [4.78, 5) is 23.4. The minimum atomic E-state index is -0.979. The Morgan fingerprint density at radius 1 is 1.24 bits per heavy atom. The molecule has 0 unspecified atom stereocenters. The maximum Gasteiger partial charge on any atom is 0.251 e. The lowest BCUT2D eigenvalue weighted by atomic mass is 9.93. The van der Waals surface area contributed by atoms with E-state index < -0.39 is 6.10 Å². The molecule has 1 fully saturated rings. The van der Waals surface area contributed by atoms with Crippen molar-refractivity contribution in [1.29, 1.82) is 0 Å². The summed E-state index contributed by atoms with van der Waals surface area (Å²) in [5, 5.41) is 18.2. The van der Waals surface area contributed by atoms with Crippen LogP contribution in [0, 0.1) is 0 Å². The van der Waals surface area contributed by atoms with Gasteiger partial charge in [0.25, 0.3) is 5.91 Å². The first kappa shape index (κ1) is 22.0. The number of hydrogen-bond donors (Lipinski definition) is 2. The molecule has 8 nitrogen and oxygen atoms in total. The van der Waals surface area contributed by atoms with Gasteiger partial charge in [0.2, 0.25) is 0 Å². The summed E-state index contributed by atoms with van der Waals surface area (Å²) in [5.41, 5.74) is 11.8. The Hall–Kier alpha value is -2.82. The first-order chi connectivity index (χ1) is 15.9. The predicted octanol–water partition coefficient (Wildman–Crippen LogP) is 3.95. The smallest absolute Gasteiger partial charge is 0.251 e. The number of anilines is 1. The summed E-state index contributed by atoms with van der Waals surface area (Å²) in [5.74, 6) is 0.407. The second-order valence-electron chi connectivity index (χ2n) is 8.21. The van der Waals surface area contributed by atoms with Crippen LogP contribution in [0.4, 0.5) is 5.82 Å². The number of nitrogens with zero attached hydrogens (tertiary/aromatic N) is 5. The maximum atomic E-state index is 12.1. The fourth-order valence-electron chi connectivity index (χ4n) is 4.26. The number of thiophene rings is 1. The summed E-state index contributed by atoms with van der Waals surface area (Å²) in [6, 6.07) is 6.07. The molecule has 0 bridgehead atoms. The van der Waals surface area contributed by atoms with Crippen LogP contribution in [0.1, 0.15) is 31.4 Å². The van der Waals surface area contributed by atoms with E-state index in [9.17, 15) is 9.90 Å². The first-order valence-corrected chi connectivity index (χ1v) is 12.5. The van der Waals surface area contributed by atoms with E-state index in [4.69, 9.17) is 10.7 Å². The van der Waals surface area contributed by atoms with Gasteiger partial charge >= 0.3 is 0 Å². The number of aliphatic hydroxyl groups is 1. The molecule has 0 aliphatic carbocycles. The fraction of sp³-hybridized carbons (Fsp3) is 0.304. The second-order valence-corrected chi connectivity index (χ2v) is 9.78. The Balaban J connectivity index is 1.47. The average molecular weight is 527 g/mol. The number of carbonyl (C=O) groups excluding carboxylic acids is 1. The molecule has 1 saturated heterocycles. The topological polar surface area (TPSA) is 110 Å². The van der Waals surface area contributed by atoms with Gasteiger partial charge < -0.3 is 15.7 Å². The molecule has 1 aliphatic heterocycles. The maximum absolute atomic E-state index is 12.1. The average Bonchev–Trinajstić information content (AvgIpc) is 3.51. The third-order valence-electron chi connectivity index (χ3n) is 6.09. The van der Waals surface area contributed by atoms with Crippen molar-refractivity contribution < 1.29 is 9.90 Å². The van der Waals surface area contributed by atoms with Crippen molar-refractivity contribution in [2.24, 2.45) is 0 Å². The van der Waals surface area contributed by atoms with Crippen LogP contribution < -0.4 is 5.73 Å². The quantitative estimate of drug-likeness (QED) is 0.416. The highest BCUT2D eigenvalue weighted by atomic mass is 79.9. The molecule has 5 rings (SSSR count). The van der Waals surface area contributed by atoms with Gasteiger partial charge in [0.05, 0.1) is 22.1 Å². The lowest BCUT2D eigenvalue weighted by Gasteiger charge is -2.33. The van der Waals surface area contributed by atoms with Gasteiger partial charge in [0, 0.05) is 47.3 Å². The molecule has 4 aromatic rings. The van der Waals surface area contributed by atoms with Gasteiger partial charge in [-0.25, -0.2) is 4.98 Å². The molecule has 4 aromatic heterocycles. The summed E-state index contributed by atoms with van der Waals surface area (Å²) < 4.78 is 2.37. The molecular formula is C23H23BrN6O2S. The molecule has 170 valence electrons. The van der Waals surface area contributed by atoms with Gasteiger partial charge in [-0.2, -0.15) is 21.0 Å². The molecule has 1 amide bonds. The number of hydrogen-bond acceptors (Lipinski definition) is 7. The fourth-order valence-corrected chi connectivity index (χ4v) is 5.49. The molecule has 0 spiro atoms. The molecule has 33 heavy (non-hydrogen) atoms.